The molecule has 0 aromatic carbocycles. The third-order valence-corrected chi connectivity index (χ3v) is 3.56. The van der Waals surface area contributed by atoms with Gasteiger partial charge in [0.05, 0.1) is 6.26 Å². The van der Waals surface area contributed by atoms with E-state index in [1.165, 1.54) is 24.1 Å². The summed E-state index contributed by atoms with van der Waals surface area (Å²) in [6.07, 6.45) is 8.17. The highest BCUT2D eigenvalue weighted by Crippen LogP contribution is 2.29. The van der Waals surface area contributed by atoms with Crippen LogP contribution in [0.3, 0.4) is 0 Å². The number of hydrogen-bond acceptors (Lipinski definition) is 4. The summed E-state index contributed by atoms with van der Waals surface area (Å²) in [5.41, 5.74) is 2.43. The van der Waals surface area contributed by atoms with E-state index >= 15 is 0 Å². The molecular weight excluding hydrogens is 238 g/mol. The van der Waals surface area contributed by atoms with Crippen molar-refractivity contribution in [1.82, 2.24) is 15.3 Å². The Kier molecular flexibility index (Phi) is 3.60. The molecule has 1 atom stereocenters. The SMILES string of the molecule is CCCNC1CCCc2nc(-c3ccco3)ncc21. The predicted molar refractivity (Wildman–Crippen MR) is 73.7 cm³/mol. The van der Waals surface area contributed by atoms with E-state index in [1.54, 1.807) is 6.26 Å². The first kappa shape index (κ1) is 12.4. The molecular formula is C15H19N3O. The van der Waals surface area contributed by atoms with Gasteiger partial charge in [0, 0.05) is 23.5 Å². The molecule has 0 amide bonds. The number of rotatable bonds is 4. The summed E-state index contributed by atoms with van der Waals surface area (Å²) in [6.45, 7) is 3.23. The normalized spacial score (nSPS) is 18.3. The van der Waals surface area contributed by atoms with Crippen molar-refractivity contribution in [3.63, 3.8) is 0 Å². The van der Waals surface area contributed by atoms with Crippen molar-refractivity contribution < 1.29 is 4.42 Å². The summed E-state index contributed by atoms with van der Waals surface area (Å²) in [7, 11) is 0. The van der Waals surface area contributed by atoms with E-state index in [9.17, 15) is 0 Å². The first-order valence-corrected chi connectivity index (χ1v) is 7.01. The van der Waals surface area contributed by atoms with Crippen LogP contribution in [0.25, 0.3) is 11.6 Å². The number of hydrogen-bond donors (Lipinski definition) is 1. The fourth-order valence-corrected chi connectivity index (χ4v) is 2.60. The van der Waals surface area contributed by atoms with E-state index in [1.807, 2.05) is 18.3 Å². The highest BCUT2D eigenvalue weighted by atomic mass is 16.3. The van der Waals surface area contributed by atoms with Crippen LogP contribution in [0.4, 0.5) is 0 Å². The largest absolute Gasteiger partial charge is 0.461 e. The summed E-state index contributed by atoms with van der Waals surface area (Å²) in [5, 5.41) is 3.58. The lowest BCUT2D eigenvalue weighted by Gasteiger charge is -2.25. The van der Waals surface area contributed by atoms with Crippen molar-refractivity contribution in [3.8, 4) is 11.6 Å². The second-order valence-corrected chi connectivity index (χ2v) is 4.97. The molecule has 2 aromatic rings. The van der Waals surface area contributed by atoms with Crippen LogP contribution in [-0.4, -0.2) is 16.5 Å². The molecule has 0 spiro atoms. The standard InChI is InChI=1S/C15H19N3O/c1-2-8-16-12-5-3-6-13-11(12)10-17-15(18-13)14-7-4-9-19-14/h4,7,9-10,12,16H,2-3,5-6,8H2,1H3. The van der Waals surface area contributed by atoms with Gasteiger partial charge in [-0.3, -0.25) is 0 Å². The van der Waals surface area contributed by atoms with Gasteiger partial charge in [-0.1, -0.05) is 6.92 Å². The van der Waals surface area contributed by atoms with E-state index in [0.717, 1.165) is 25.1 Å². The van der Waals surface area contributed by atoms with E-state index in [-0.39, 0.29) is 0 Å². The molecule has 1 aliphatic rings. The minimum Gasteiger partial charge on any atom is -0.461 e. The summed E-state index contributed by atoms with van der Waals surface area (Å²) in [4.78, 5) is 9.12. The van der Waals surface area contributed by atoms with Crippen LogP contribution in [0.5, 0.6) is 0 Å². The average molecular weight is 257 g/mol. The molecule has 1 unspecified atom stereocenters. The Balaban J connectivity index is 1.88. The minimum atomic E-state index is 0.411. The third-order valence-electron chi connectivity index (χ3n) is 3.56. The first-order valence-electron chi connectivity index (χ1n) is 7.01. The van der Waals surface area contributed by atoms with Gasteiger partial charge >= 0.3 is 0 Å². The fourth-order valence-electron chi connectivity index (χ4n) is 2.60. The smallest absolute Gasteiger partial charge is 0.195 e. The average Bonchev–Trinajstić information content (AvgIpc) is 2.98. The van der Waals surface area contributed by atoms with E-state index in [0.29, 0.717) is 11.9 Å². The lowest BCUT2D eigenvalue weighted by Crippen LogP contribution is -2.26. The van der Waals surface area contributed by atoms with Gasteiger partial charge in [0.25, 0.3) is 0 Å². The monoisotopic (exact) mass is 257 g/mol. The second kappa shape index (κ2) is 5.53. The Morgan fingerprint density at radius 2 is 2.42 bits per heavy atom. The van der Waals surface area contributed by atoms with Crippen LogP contribution in [0, 0.1) is 0 Å². The molecule has 2 heterocycles. The molecule has 0 radical (unpaired) electrons. The Bertz CT molecular complexity index is 536. The van der Waals surface area contributed by atoms with Gasteiger partial charge in [-0.15, -0.1) is 0 Å². The number of aryl methyl sites for hydroxylation is 1. The Morgan fingerprint density at radius 1 is 1.47 bits per heavy atom. The zero-order chi connectivity index (χ0) is 13.1. The van der Waals surface area contributed by atoms with Crippen LogP contribution in [-0.2, 0) is 6.42 Å². The van der Waals surface area contributed by atoms with Gasteiger partial charge in [0.15, 0.2) is 11.6 Å². The molecule has 3 rings (SSSR count). The molecule has 100 valence electrons. The number of furan rings is 1. The van der Waals surface area contributed by atoms with E-state index < -0.39 is 0 Å². The van der Waals surface area contributed by atoms with Gasteiger partial charge in [-0.05, 0) is 44.4 Å². The van der Waals surface area contributed by atoms with Crippen molar-refractivity contribution in [2.24, 2.45) is 0 Å². The molecule has 0 bridgehead atoms. The maximum atomic E-state index is 5.36. The van der Waals surface area contributed by atoms with Crippen LogP contribution < -0.4 is 5.32 Å². The topological polar surface area (TPSA) is 51.0 Å². The highest BCUT2D eigenvalue weighted by molar-refractivity contribution is 5.47. The third kappa shape index (κ3) is 2.54. The van der Waals surface area contributed by atoms with Crippen molar-refractivity contribution in [2.45, 2.75) is 38.6 Å². The highest BCUT2D eigenvalue weighted by Gasteiger charge is 2.22. The minimum absolute atomic E-state index is 0.411. The summed E-state index contributed by atoms with van der Waals surface area (Å²) >= 11 is 0. The molecule has 2 aromatic heterocycles. The number of nitrogens with zero attached hydrogens (tertiary/aromatic N) is 2. The molecule has 0 saturated heterocycles. The van der Waals surface area contributed by atoms with Crippen LogP contribution in [0.15, 0.2) is 29.0 Å². The number of fused-ring (bicyclic) bond motifs is 1. The van der Waals surface area contributed by atoms with Gasteiger partial charge < -0.3 is 9.73 Å². The molecule has 19 heavy (non-hydrogen) atoms. The van der Waals surface area contributed by atoms with Gasteiger partial charge in [-0.25, -0.2) is 9.97 Å². The van der Waals surface area contributed by atoms with E-state index in [2.05, 4.69) is 22.2 Å². The maximum absolute atomic E-state index is 5.36. The maximum Gasteiger partial charge on any atom is 0.195 e. The second-order valence-electron chi connectivity index (χ2n) is 4.97. The lowest BCUT2D eigenvalue weighted by atomic mass is 9.92. The van der Waals surface area contributed by atoms with E-state index in [4.69, 9.17) is 4.42 Å². The Morgan fingerprint density at radius 3 is 3.21 bits per heavy atom. The first-order chi connectivity index (χ1) is 9.38. The predicted octanol–water partition coefficient (Wildman–Crippen LogP) is 3.11. The Hall–Kier alpha value is -1.68. The Labute approximate surface area is 113 Å². The molecule has 4 nitrogen and oxygen atoms in total. The molecule has 4 heteroatoms. The summed E-state index contributed by atoms with van der Waals surface area (Å²) in [6, 6.07) is 4.18. The zero-order valence-electron chi connectivity index (χ0n) is 11.2. The van der Waals surface area contributed by atoms with Gasteiger partial charge in [0.1, 0.15) is 0 Å². The number of nitrogens with one attached hydrogen (secondary N) is 1. The molecule has 1 N–H and O–H groups in total. The summed E-state index contributed by atoms with van der Waals surface area (Å²) < 4.78 is 5.36. The van der Waals surface area contributed by atoms with Crippen LogP contribution in [0.2, 0.25) is 0 Å². The van der Waals surface area contributed by atoms with Crippen LogP contribution in [0.1, 0.15) is 43.5 Å². The molecule has 0 aliphatic heterocycles. The van der Waals surface area contributed by atoms with Crippen molar-refractivity contribution in [2.75, 3.05) is 6.54 Å². The van der Waals surface area contributed by atoms with Crippen molar-refractivity contribution in [3.05, 3.63) is 35.9 Å². The van der Waals surface area contributed by atoms with Crippen LogP contribution >= 0.6 is 0 Å². The van der Waals surface area contributed by atoms with Crippen molar-refractivity contribution in [1.29, 1.82) is 0 Å². The number of aromatic nitrogens is 2. The van der Waals surface area contributed by atoms with Crippen molar-refractivity contribution >= 4 is 0 Å². The fraction of sp³-hybridized carbons (Fsp3) is 0.467. The lowest BCUT2D eigenvalue weighted by molar-refractivity contribution is 0.453. The summed E-state index contributed by atoms with van der Waals surface area (Å²) in [5.74, 6) is 1.44. The molecule has 1 aliphatic carbocycles. The molecule has 0 saturated carbocycles. The molecule has 0 fully saturated rings. The quantitative estimate of drug-likeness (QED) is 0.914. The zero-order valence-corrected chi connectivity index (χ0v) is 11.2. The van der Waals surface area contributed by atoms with Gasteiger partial charge in [-0.2, -0.15) is 0 Å². The van der Waals surface area contributed by atoms with Gasteiger partial charge in [0.2, 0.25) is 0 Å².